The SMILES string of the molecule is Cc1c(C)n(C)c2cc(C3CCNCC3)ccc12. The Bertz CT molecular complexity index is 574. The molecule has 0 spiro atoms. The van der Waals surface area contributed by atoms with E-state index in [1.165, 1.54) is 40.6 Å². The van der Waals surface area contributed by atoms with E-state index in [0.717, 1.165) is 19.0 Å². The first-order chi connectivity index (χ1) is 8.68. The molecule has 0 saturated carbocycles. The van der Waals surface area contributed by atoms with E-state index in [-0.39, 0.29) is 0 Å². The van der Waals surface area contributed by atoms with Crippen molar-refractivity contribution in [3.05, 3.63) is 35.0 Å². The first kappa shape index (κ1) is 11.8. The summed E-state index contributed by atoms with van der Waals surface area (Å²) in [7, 11) is 2.18. The highest BCUT2D eigenvalue weighted by atomic mass is 14.9. The van der Waals surface area contributed by atoms with Gasteiger partial charge in [0.15, 0.2) is 0 Å². The highest BCUT2D eigenvalue weighted by molar-refractivity contribution is 5.85. The Kier molecular flexibility index (Phi) is 2.90. The molecule has 1 aliphatic rings. The van der Waals surface area contributed by atoms with Crippen LogP contribution in [0, 0.1) is 13.8 Å². The molecule has 1 aliphatic heterocycles. The molecule has 1 fully saturated rings. The average molecular weight is 242 g/mol. The van der Waals surface area contributed by atoms with Crippen LogP contribution in [-0.4, -0.2) is 17.7 Å². The van der Waals surface area contributed by atoms with Crippen LogP contribution < -0.4 is 5.32 Å². The molecule has 0 unspecified atom stereocenters. The summed E-state index contributed by atoms with van der Waals surface area (Å²) in [6, 6.07) is 7.06. The molecule has 1 aromatic heterocycles. The zero-order valence-corrected chi connectivity index (χ0v) is 11.6. The lowest BCUT2D eigenvalue weighted by atomic mass is 9.89. The minimum absolute atomic E-state index is 0.742. The van der Waals surface area contributed by atoms with Gasteiger partial charge in [-0.2, -0.15) is 0 Å². The fourth-order valence-electron chi connectivity index (χ4n) is 3.18. The third-order valence-corrected chi connectivity index (χ3v) is 4.64. The van der Waals surface area contributed by atoms with Crippen molar-refractivity contribution >= 4 is 10.9 Å². The lowest BCUT2D eigenvalue weighted by Gasteiger charge is -2.23. The van der Waals surface area contributed by atoms with E-state index >= 15 is 0 Å². The van der Waals surface area contributed by atoms with Crippen molar-refractivity contribution in [1.29, 1.82) is 0 Å². The number of nitrogens with zero attached hydrogens (tertiary/aromatic N) is 1. The Morgan fingerprint density at radius 2 is 1.89 bits per heavy atom. The first-order valence-corrected chi connectivity index (χ1v) is 6.94. The predicted molar refractivity (Wildman–Crippen MR) is 77.2 cm³/mol. The summed E-state index contributed by atoms with van der Waals surface area (Å²) >= 11 is 0. The number of fused-ring (bicyclic) bond motifs is 1. The highest BCUT2D eigenvalue weighted by Crippen LogP contribution is 2.30. The number of aromatic nitrogens is 1. The predicted octanol–water partition coefficient (Wildman–Crippen LogP) is 3.26. The van der Waals surface area contributed by atoms with Crippen LogP contribution in [0.1, 0.15) is 35.6 Å². The van der Waals surface area contributed by atoms with Gasteiger partial charge in [-0.25, -0.2) is 0 Å². The van der Waals surface area contributed by atoms with Crippen molar-refractivity contribution in [3.63, 3.8) is 0 Å². The third-order valence-electron chi connectivity index (χ3n) is 4.64. The minimum Gasteiger partial charge on any atom is -0.348 e. The van der Waals surface area contributed by atoms with Gasteiger partial charge in [-0.05, 0) is 62.9 Å². The number of benzene rings is 1. The molecule has 18 heavy (non-hydrogen) atoms. The molecule has 2 heteroatoms. The van der Waals surface area contributed by atoms with Crippen molar-refractivity contribution in [2.75, 3.05) is 13.1 Å². The molecule has 0 atom stereocenters. The average Bonchev–Trinajstić information content (AvgIpc) is 2.65. The van der Waals surface area contributed by atoms with Crippen LogP contribution in [0.5, 0.6) is 0 Å². The number of hydrogen-bond donors (Lipinski definition) is 1. The van der Waals surface area contributed by atoms with Crippen LogP contribution in [0.25, 0.3) is 10.9 Å². The summed E-state index contributed by atoms with van der Waals surface area (Å²) < 4.78 is 2.33. The normalized spacial score (nSPS) is 17.5. The number of piperidine rings is 1. The summed E-state index contributed by atoms with van der Waals surface area (Å²) in [6.45, 7) is 6.75. The van der Waals surface area contributed by atoms with E-state index in [0.29, 0.717) is 0 Å². The van der Waals surface area contributed by atoms with Crippen LogP contribution in [-0.2, 0) is 7.05 Å². The summed E-state index contributed by atoms with van der Waals surface area (Å²) in [5.41, 5.74) is 5.71. The van der Waals surface area contributed by atoms with Crippen LogP contribution in [0.2, 0.25) is 0 Å². The van der Waals surface area contributed by atoms with E-state index in [9.17, 15) is 0 Å². The van der Waals surface area contributed by atoms with Gasteiger partial charge < -0.3 is 9.88 Å². The Morgan fingerprint density at radius 3 is 2.61 bits per heavy atom. The topological polar surface area (TPSA) is 17.0 Å². The molecule has 3 rings (SSSR count). The Morgan fingerprint density at radius 1 is 1.17 bits per heavy atom. The second-order valence-electron chi connectivity index (χ2n) is 5.57. The van der Waals surface area contributed by atoms with Gasteiger partial charge in [0.25, 0.3) is 0 Å². The van der Waals surface area contributed by atoms with Crippen molar-refractivity contribution < 1.29 is 0 Å². The van der Waals surface area contributed by atoms with Gasteiger partial charge in [-0.1, -0.05) is 12.1 Å². The van der Waals surface area contributed by atoms with E-state index < -0.39 is 0 Å². The summed E-state index contributed by atoms with van der Waals surface area (Å²) in [5, 5.41) is 4.85. The van der Waals surface area contributed by atoms with Gasteiger partial charge >= 0.3 is 0 Å². The number of aryl methyl sites for hydroxylation is 2. The van der Waals surface area contributed by atoms with Crippen LogP contribution in [0.15, 0.2) is 18.2 Å². The van der Waals surface area contributed by atoms with Gasteiger partial charge in [0.05, 0.1) is 0 Å². The van der Waals surface area contributed by atoms with E-state index in [1.54, 1.807) is 0 Å². The third kappa shape index (κ3) is 1.76. The molecule has 96 valence electrons. The Balaban J connectivity index is 2.07. The Hall–Kier alpha value is -1.28. The van der Waals surface area contributed by atoms with Crippen molar-refractivity contribution in [3.8, 4) is 0 Å². The van der Waals surface area contributed by atoms with E-state index in [1.807, 2.05) is 0 Å². The quantitative estimate of drug-likeness (QED) is 0.812. The van der Waals surface area contributed by atoms with Gasteiger partial charge in [0, 0.05) is 23.6 Å². The first-order valence-electron chi connectivity index (χ1n) is 6.94. The standard InChI is InChI=1S/C16H22N2/c1-11-12(2)18(3)16-10-14(4-5-15(11)16)13-6-8-17-9-7-13/h4-5,10,13,17H,6-9H2,1-3H3. The maximum atomic E-state index is 3.44. The van der Waals surface area contributed by atoms with Crippen LogP contribution in [0.3, 0.4) is 0 Å². The van der Waals surface area contributed by atoms with Gasteiger partial charge in [-0.3, -0.25) is 0 Å². The lowest BCUT2D eigenvalue weighted by Crippen LogP contribution is -2.26. The van der Waals surface area contributed by atoms with Crippen LogP contribution >= 0.6 is 0 Å². The second-order valence-corrected chi connectivity index (χ2v) is 5.57. The van der Waals surface area contributed by atoms with Gasteiger partial charge in [-0.15, -0.1) is 0 Å². The maximum Gasteiger partial charge on any atom is 0.0485 e. The minimum atomic E-state index is 0.742. The molecule has 0 aliphatic carbocycles. The number of nitrogens with one attached hydrogen (secondary N) is 1. The molecule has 1 N–H and O–H groups in total. The fraction of sp³-hybridized carbons (Fsp3) is 0.500. The molecule has 0 radical (unpaired) electrons. The molecule has 0 amide bonds. The van der Waals surface area contributed by atoms with E-state index in [2.05, 4.69) is 49.0 Å². The van der Waals surface area contributed by atoms with Gasteiger partial charge in [0.2, 0.25) is 0 Å². The monoisotopic (exact) mass is 242 g/mol. The van der Waals surface area contributed by atoms with Crippen molar-refractivity contribution in [2.24, 2.45) is 7.05 Å². The summed E-state index contributed by atoms with van der Waals surface area (Å²) in [5.74, 6) is 0.742. The molecular formula is C16H22N2. The van der Waals surface area contributed by atoms with Gasteiger partial charge in [0.1, 0.15) is 0 Å². The lowest BCUT2D eigenvalue weighted by molar-refractivity contribution is 0.460. The zero-order valence-electron chi connectivity index (χ0n) is 11.6. The Labute approximate surface area is 109 Å². The second kappa shape index (κ2) is 4.43. The van der Waals surface area contributed by atoms with Crippen LogP contribution in [0.4, 0.5) is 0 Å². The molecule has 1 aromatic carbocycles. The fourth-order valence-corrected chi connectivity index (χ4v) is 3.18. The highest BCUT2D eigenvalue weighted by Gasteiger charge is 2.16. The molecular weight excluding hydrogens is 220 g/mol. The molecule has 0 bridgehead atoms. The largest absolute Gasteiger partial charge is 0.348 e. The molecule has 1 saturated heterocycles. The molecule has 2 nitrogen and oxygen atoms in total. The van der Waals surface area contributed by atoms with Crippen molar-refractivity contribution in [2.45, 2.75) is 32.6 Å². The summed E-state index contributed by atoms with van der Waals surface area (Å²) in [6.07, 6.45) is 2.54. The van der Waals surface area contributed by atoms with E-state index in [4.69, 9.17) is 0 Å². The molecule has 2 aromatic rings. The zero-order chi connectivity index (χ0) is 12.7. The number of rotatable bonds is 1. The maximum absolute atomic E-state index is 3.44. The smallest absolute Gasteiger partial charge is 0.0485 e. The molecule has 2 heterocycles. The van der Waals surface area contributed by atoms with Crippen molar-refractivity contribution in [1.82, 2.24) is 9.88 Å². The number of hydrogen-bond acceptors (Lipinski definition) is 1. The summed E-state index contributed by atoms with van der Waals surface area (Å²) in [4.78, 5) is 0.